The summed E-state index contributed by atoms with van der Waals surface area (Å²) in [6.07, 6.45) is 2.02. The standard InChI is InChI=1S/C14H18N4O3/c1-9-5-6-17(10(7-9)8-15)14-16-13-11(18(19)20)3-2-4-12(13)21-14/h2-4,9-10H,5-8,15H2,1H3. The van der Waals surface area contributed by atoms with Crippen molar-refractivity contribution >= 4 is 22.8 Å². The van der Waals surface area contributed by atoms with Crippen LogP contribution in [0.3, 0.4) is 0 Å². The van der Waals surface area contributed by atoms with E-state index in [0.717, 1.165) is 19.4 Å². The van der Waals surface area contributed by atoms with Crippen molar-refractivity contribution < 1.29 is 9.34 Å². The summed E-state index contributed by atoms with van der Waals surface area (Å²) in [6.45, 7) is 3.53. The molecule has 2 atom stereocenters. The van der Waals surface area contributed by atoms with E-state index in [0.29, 0.717) is 29.6 Å². The Morgan fingerprint density at radius 2 is 2.38 bits per heavy atom. The first kappa shape index (κ1) is 13.8. The highest BCUT2D eigenvalue weighted by atomic mass is 16.6. The number of anilines is 1. The number of oxazole rings is 1. The van der Waals surface area contributed by atoms with Gasteiger partial charge in [-0.15, -0.1) is 0 Å². The van der Waals surface area contributed by atoms with Crippen molar-refractivity contribution in [2.45, 2.75) is 25.8 Å². The van der Waals surface area contributed by atoms with E-state index >= 15 is 0 Å². The normalized spacial score (nSPS) is 22.7. The van der Waals surface area contributed by atoms with Crippen molar-refractivity contribution in [3.05, 3.63) is 28.3 Å². The molecule has 0 saturated carbocycles. The van der Waals surface area contributed by atoms with Gasteiger partial charge in [0, 0.05) is 25.2 Å². The molecule has 3 rings (SSSR count). The number of non-ortho nitro benzene ring substituents is 1. The fourth-order valence-corrected chi connectivity index (χ4v) is 2.92. The molecule has 0 aliphatic carbocycles. The lowest BCUT2D eigenvalue weighted by atomic mass is 9.93. The van der Waals surface area contributed by atoms with Crippen molar-refractivity contribution in [1.29, 1.82) is 0 Å². The Morgan fingerprint density at radius 3 is 3.10 bits per heavy atom. The van der Waals surface area contributed by atoms with Crippen LogP contribution in [0.4, 0.5) is 11.7 Å². The van der Waals surface area contributed by atoms with Crippen LogP contribution < -0.4 is 10.6 Å². The number of nitro groups is 1. The highest BCUT2D eigenvalue weighted by molar-refractivity contribution is 5.84. The molecule has 1 aliphatic rings. The molecule has 1 fully saturated rings. The Labute approximate surface area is 121 Å². The molecule has 0 spiro atoms. The van der Waals surface area contributed by atoms with Crippen molar-refractivity contribution in [3.8, 4) is 0 Å². The molecule has 0 amide bonds. The van der Waals surface area contributed by atoms with Gasteiger partial charge in [-0.1, -0.05) is 13.0 Å². The summed E-state index contributed by atoms with van der Waals surface area (Å²) in [6, 6.07) is 5.34. The van der Waals surface area contributed by atoms with Crippen molar-refractivity contribution in [3.63, 3.8) is 0 Å². The van der Waals surface area contributed by atoms with E-state index < -0.39 is 4.92 Å². The topological polar surface area (TPSA) is 98.4 Å². The molecule has 21 heavy (non-hydrogen) atoms. The maximum Gasteiger partial charge on any atom is 0.298 e. The van der Waals surface area contributed by atoms with Gasteiger partial charge in [0.15, 0.2) is 11.1 Å². The average Bonchev–Trinajstić information content (AvgIpc) is 2.90. The summed E-state index contributed by atoms with van der Waals surface area (Å²) in [7, 11) is 0. The maximum absolute atomic E-state index is 11.1. The van der Waals surface area contributed by atoms with Gasteiger partial charge in [-0.2, -0.15) is 4.98 Å². The van der Waals surface area contributed by atoms with Gasteiger partial charge in [-0.25, -0.2) is 0 Å². The Balaban J connectivity index is 2.01. The van der Waals surface area contributed by atoms with Gasteiger partial charge < -0.3 is 15.1 Å². The fourth-order valence-electron chi connectivity index (χ4n) is 2.92. The van der Waals surface area contributed by atoms with Gasteiger partial charge in [0.05, 0.1) is 4.92 Å². The lowest BCUT2D eigenvalue weighted by Crippen LogP contribution is -2.46. The number of nitro benzene ring substituents is 1. The second-order valence-electron chi connectivity index (χ2n) is 5.59. The summed E-state index contributed by atoms with van der Waals surface area (Å²) >= 11 is 0. The number of hydrogen-bond acceptors (Lipinski definition) is 6. The molecule has 2 unspecified atom stereocenters. The van der Waals surface area contributed by atoms with Crippen LogP contribution >= 0.6 is 0 Å². The van der Waals surface area contributed by atoms with E-state index in [1.807, 2.05) is 4.90 Å². The lowest BCUT2D eigenvalue weighted by molar-refractivity contribution is -0.383. The molecular formula is C14H18N4O3. The predicted octanol–water partition coefficient (Wildman–Crippen LogP) is 2.30. The van der Waals surface area contributed by atoms with Crippen LogP contribution in [0.5, 0.6) is 0 Å². The number of para-hydroxylation sites is 1. The molecule has 1 aliphatic heterocycles. The molecule has 0 radical (unpaired) electrons. The van der Waals surface area contributed by atoms with E-state index in [2.05, 4.69) is 11.9 Å². The zero-order chi connectivity index (χ0) is 15.0. The number of nitrogens with zero attached hydrogens (tertiary/aromatic N) is 3. The van der Waals surface area contributed by atoms with Crippen LogP contribution in [0, 0.1) is 16.0 Å². The Hall–Kier alpha value is -2.15. The van der Waals surface area contributed by atoms with E-state index in [1.165, 1.54) is 6.07 Å². The molecule has 7 heteroatoms. The highest BCUT2D eigenvalue weighted by Gasteiger charge is 2.29. The lowest BCUT2D eigenvalue weighted by Gasteiger charge is -2.36. The van der Waals surface area contributed by atoms with Gasteiger partial charge in [-0.05, 0) is 24.8 Å². The van der Waals surface area contributed by atoms with Crippen LogP contribution in [0.25, 0.3) is 11.1 Å². The van der Waals surface area contributed by atoms with Crippen LogP contribution in [0.2, 0.25) is 0 Å². The van der Waals surface area contributed by atoms with Crippen LogP contribution in [-0.2, 0) is 0 Å². The number of piperidine rings is 1. The number of aromatic nitrogens is 1. The number of nitrogens with two attached hydrogens (primary N) is 1. The first-order chi connectivity index (χ1) is 10.1. The Bertz CT molecular complexity index is 669. The second-order valence-corrected chi connectivity index (χ2v) is 5.59. The number of fused-ring (bicyclic) bond motifs is 1. The molecule has 0 bridgehead atoms. The quantitative estimate of drug-likeness (QED) is 0.688. The summed E-state index contributed by atoms with van der Waals surface area (Å²) in [5.41, 5.74) is 6.55. The van der Waals surface area contributed by atoms with E-state index in [4.69, 9.17) is 10.2 Å². The third-order valence-electron chi connectivity index (χ3n) is 4.08. The zero-order valence-corrected chi connectivity index (χ0v) is 11.9. The first-order valence-corrected chi connectivity index (χ1v) is 7.10. The molecule has 2 heterocycles. The smallest absolute Gasteiger partial charge is 0.298 e. The molecule has 1 aromatic carbocycles. The van der Waals surface area contributed by atoms with Gasteiger partial charge >= 0.3 is 0 Å². The number of rotatable bonds is 3. The SMILES string of the molecule is CC1CCN(c2nc3c([N+](=O)[O-])cccc3o2)C(CN)C1. The predicted molar refractivity (Wildman–Crippen MR) is 79.2 cm³/mol. The molecule has 1 aromatic heterocycles. The van der Waals surface area contributed by atoms with Crippen LogP contribution in [-0.4, -0.2) is 29.0 Å². The Morgan fingerprint density at radius 1 is 1.57 bits per heavy atom. The molecule has 7 nitrogen and oxygen atoms in total. The number of benzene rings is 1. The first-order valence-electron chi connectivity index (χ1n) is 7.10. The average molecular weight is 290 g/mol. The van der Waals surface area contributed by atoms with Crippen molar-refractivity contribution in [2.75, 3.05) is 18.0 Å². The van der Waals surface area contributed by atoms with Gasteiger partial charge in [-0.3, -0.25) is 10.1 Å². The maximum atomic E-state index is 11.1. The largest absolute Gasteiger partial charge is 0.423 e. The van der Waals surface area contributed by atoms with Crippen molar-refractivity contribution in [1.82, 2.24) is 4.98 Å². The van der Waals surface area contributed by atoms with Crippen LogP contribution in [0.15, 0.2) is 22.6 Å². The van der Waals surface area contributed by atoms with Gasteiger partial charge in [0.25, 0.3) is 11.7 Å². The molecular weight excluding hydrogens is 272 g/mol. The Kier molecular flexibility index (Phi) is 3.50. The molecule has 2 aromatic rings. The van der Waals surface area contributed by atoms with Crippen LogP contribution in [0.1, 0.15) is 19.8 Å². The summed E-state index contributed by atoms with van der Waals surface area (Å²) < 4.78 is 5.72. The van der Waals surface area contributed by atoms with Gasteiger partial charge in [0.2, 0.25) is 0 Å². The van der Waals surface area contributed by atoms with Gasteiger partial charge in [0.1, 0.15) is 0 Å². The third-order valence-corrected chi connectivity index (χ3v) is 4.08. The van der Waals surface area contributed by atoms with E-state index in [1.54, 1.807) is 12.1 Å². The highest BCUT2D eigenvalue weighted by Crippen LogP contribution is 2.32. The number of hydrogen-bond donors (Lipinski definition) is 1. The second kappa shape index (κ2) is 5.33. The van der Waals surface area contributed by atoms with Crippen molar-refractivity contribution in [2.24, 2.45) is 11.7 Å². The molecule has 1 saturated heterocycles. The monoisotopic (exact) mass is 290 g/mol. The minimum Gasteiger partial charge on any atom is -0.423 e. The minimum absolute atomic E-state index is 0.0304. The summed E-state index contributed by atoms with van der Waals surface area (Å²) in [5, 5.41) is 11.1. The minimum atomic E-state index is -0.437. The summed E-state index contributed by atoms with van der Waals surface area (Å²) in [4.78, 5) is 17.0. The zero-order valence-electron chi connectivity index (χ0n) is 11.9. The third kappa shape index (κ3) is 2.44. The fraction of sp³-hybridized carbons (Fsp3) is 0.500. The summed E-state index contributed by atoms with van der Waals surface area (Å²) in [5.74, 6) is 0.619. The molecule has 2 N–H and O–H groups in total. The van der Waals surface area contributed by atoms with E-state index in [-0.39, 0.29) is 11.7 Å². The van der Waals surface area contributed by atoms with E-state index in [9.17, 15) is 10.1 Å². The molecule has 112 valence electrons.